The van der Waals surface area contributed by atoms with Gasteiger partial charge >= 0.3 is 0 Å². The predicted octanol–water partition coefficient (Wildman–Crippen LogP) is 2.45. The first kappa shape index (κ1) is 19.9. The Labute approximate surface area is 165 Å². The molecule has 1 fully saturated rings. The maximum atomic E-state index is 12.4. The number of hydrogen-bond acceptors (Lipinski definition) is 5. The minimum atomic E-state index is -3.59. The summed E-state index contributed by atoms with van der Waals surface area (Å²) in [6.07, 6.45) is 0. The Bertz CT molecular complexity index is 854. The van der Waals surface area contributed by atoms with E-state index >= 15 is 0 Å². The molecule has 8 heteroatoms. The minimum Gasteiger partial charge on any atom is -0.495 e. The van der Waals surface area contributed by atoms with E-state index in [9.17, 15) is 8.42 Å². The van der Waals surface area contributed by atoms with Gasteiger partial charge in [-0.1, -0.05) is 29.8 Å². The summed E-state index contributed by atoms with van der Waals surface area (Å²) in [5.74, 6) is 0.451. The number of benzene rings is 2. The van der Waals surface area contributed by atoms with Crippen LogP contribution < -0.4 is 14.4 Å². The summed E-state index contributed by atoms with van der Waals surface area (Å²) in [5.41, 5.74) is 1.23. The van der Waals surface area contributed by atoms with Crippen LogP contribution in [-0.2, 0) is 10.0 Å². The van der Waals surface area contributed by atoms with Gasteiger partial charge in [-0.05, 0) is 30.3 Å². The fourth-order valence-corrected chi connectivity index (χ4v) is 4.47. The van der Waals surface area contributed by atoms with Crippen molar-refractivity contribution in [1.82, 2.24) is 9.62 Å². The highest BCUT2D eigenvalue weighted by molar-refractivity contribution is 7.89. The van der Waals surface area contributed by atoms with Gasteiger partial charge in [0, 0.05) is 45.0 Å². The van der Waals surface area contributed by atoms with Crippen molar-refractivity contribution in [2.24, 2.45) is 0 Å². The fraction of sp³-hybridized carbons (Fsp3) is 0.368. The number of halogens is 1. The Hall–Kier alpha value is -1.80. The van der Waals surface area contributed by atoms with E-state index in [1.165, 1.54) is 24.9 Å². The highest BCUT2D eigenvalue weighted by Crippen LogP contribution is 2.26. The summed E-state index contributed by atoms with van der Waals surface area (Å²) in [6.45, 7) is 4.72. The summed E-state index contributed by atoms with van der Waals surface area (Å²) in [7, 11) is -2.10. The van der Waals surface area contributed by atoms with Gasteiger partial charge in [-0.15, -0.1) is 0 Å². The number of sulfonamides is 1. The van der Waals surface area contributed by atoms with Crippen LogP contribution in [0.25, 0.3) is 0 Å². The Morgan fingerprint density at radius 1 is 1.07 bits per heavy atom. The number of methoxy groups -OCH3 is 1. The van der Waals surface area contributed by atoms with E-state index in [1.807, 2.05) is 18.2 Å². The van der Waals surface area contributed by atoms with E-state index in [1.54, 1.807) is 6.07 Å². The lowest BCUT2D eigenvalue weighted by Gasteiger charge is -2.36. The molecule has 0 unspecified atom stereocenters. The summed E-state index contributed by atoms with van der Waals surface area (Å²) in [6, 6.07) is 14.8. The van der Waals surface area contributed by atoms with Gasteiger partial charge in [0.15, 0.2) is 0 Å². The molecular formula is C19H24ClN3O3S. The van der Waals surface area contributed by atoms with Crippen LogP contribution in [0.3, 0.4) is 0 Å². The summed E-state index contributed by atoms with van der Waals surface area (Å²) >= 11 is 6.03. The van der Waals surface area contributed by atoms with Crippen molar-refractivity contribution in [2.45, 2.75) is 4.90 Å². The van der Waals surface area contributed by atoms with Crippen molar-refractivity contribution in [2.75, 3.05) is 51.3 Å². The van der Waals surface area contributed by atoms with Crippen LogP contribution in [0.2, 0.25) is 5.02 Å². The Kier molecular flexibility index (Phi) is 6.59. The van der Waals surface area contributed by atoms with Crippen molar-refractivity contribution in [3.8, 4) is 5.75 Å². The van der Waals surface area contributed by atoms with Crippen LogP contribution >= 0.6 is 11.6 Å². The molecule has 6 nitrogen and oxygen atoms in total. The summed E-state index contributed by atoms with van der Waals surface area (Å²) < 4.78 is 32.6. The monoisotopic (exact) mass is 409 g/mol. The second-order valence-electron chi connectivity index (χ2n) is 6.36. The first-order valence-electron chi connectivity index (χ1n) is 8.85. The molecule has 2 aromatic rings. The largest absolute Gasteiger partial charge is 0.495 e. The normalized spacial score (nSPS) is 15.7. The molecule has 0 bridgehead atoms. The molecule has 3 rings (SSSR count). The number of ether oxygens (including phenoxy) is 1. The average Bonchev–Trinajstić information content (AvgIpc) is 2.69. The molecule has 1 aliphatic rings. The maximum Gasteiger partial charge on any atom is 0.240 e. The van der Waals surface area contributed by atoms with Gasteiger partial charge in [0.05, 0.1) is 17.0 Å². The van der Waals surface area contributed by atoms with Crippen LogP contribution in [0.1, 0.15) is 0 Å². The summed E-state index contributed by atoms with van der Waals surface area (Å²) in [4.78, 5) is 4.75. The van der Waals surface area contributed by atoms with Gasteiger partial charge < -0.3 is 9.64 Å². The number of rotatable bonds is 7. The molecule has 0 aliphatic carbocycles. The van der Waals surface area contributed by atoms with E-state index in [0.717, 1.165) is 26.2 Å². The standard InChI is InChI=1S/C19H24ClN3O3S/c1-26-19-8-7-17(15-18(19)20)27(24,25)21-9-10-22-11-13-23(14-12-22)16-5-3-2-4-6-16/h2-8,15,21H,9-14H2,1H3. The molecule has 0 atom stereocenters. The molecule has 2 aromatic carbocycles. The molecule has 1 heterocycles. The highest BCUT2D eigenvalue weighted by atomic mass is 35.5. The molecule has 1 aliphatic heterocycles. The molecular weight excluding hydrogens is 386 g/mol. The number of para-hydroxylation sites is 1. The Morgan fingerprint density at radius 2 is 1.78 bits per heavy atom. The van der Waals surface area contributed by atoms with Gasteiger partial charge in [0.2, 0.25) is 10.0 Å². The Morgan fingerprint density at radius 3 is 2.41 bits per heavy atom. The van der Waals surface area contributed by atoms with Crippen LogP contribution in [0.4, 0.5) is 5.69 Å². The van der Waals surface area contributed by atoms with E-state index < -0.39 is 10.0 Å². The zero-order valence-electron chi connectivity index (χ0n) is 15.3. The number of hydrogen-bond donors (Lipinski definition) is 1. The third-order valence-electron chi connectivity index (χ3n) is 4.65. The van der Waals surface area contributed by atoms with Gasteiger partial charge in [0.25, 0.3) is 0 Å². The van der Waals surface area contributed by atoms with Crippen molar-refractivity contribution in [3.05, 3.63) is 53.6 Å². The van der Waals surface area contributed by atoms with Crippen molar-refractivity contribution in [3.63, 3.8) is 0 Å². The molecule has 146 valence electrons. The quantitative estimate of drug-likeness (QED) is 0.761. The lowest BCUT2D eigenvalue weighted by Crippen LogP contribution is -2.48. The molecule has 0 aromatic heterocycles. The van der Waals surface area contributed by atoms with E-state index in [0.29, 0.717) is 18.8 Å². The molecule has 0 spiro atoms. The number of anilines is 1. The SMILES string of the molecule is COc1ccc(S(=O)(=O)NCCN2CCN(c3ccccc3)CC2)cc1Cl. The number of nitrogens with one attached hydrogen (secondary N) is 1. The van der Waals surface area contributed by atoms with Gasteiger partial charge in [0.1, 0.15) is 5.75 Å². The molecule has 1 N–H and O–H groups in total. The first-order valence-corrected chi connectivity index (χ1v) is 10.7. The van der Waals surface area contributed by atoms with E-state index in [-0.39, 0.29) is 9.92 Å². The Balaban J connectivity index is 1.48. The fourth-order valence-electron chi connectivity index (χ4n) is 3.10. The predicted molar refractivity (Wildman–Crippen MR) is 108 cm³/mol. The second kappa shape index (κ2) is 8.93. The van der Waals surface area contributed by atoms with Gasteiger partial charge in [-0.3, -0.25) is 4.90 Å². The molecule has 0 amide bonds. The van der Waals surface area contributed by atoms with Gasteiger partial charge in [-0.25, -0.2) is 13.1 Å². The summed E-state index contributed by atoms with van der Waals surface area (Å²) in [5, 5.41) is 0.275. The van der Waals surface area contributed by atoms with E-state index in [2.05, 4.69) is 26.7 Å². The van der Waals surface area contributed by atoms with Crippen molar-refractivity contribution >= 4 is 27.3 Å². The minimum absolute atomic E-state index is 0.141. The second-order valence-corrected chi connectivity index (χ2v) is 8.53. The molecule has 0 radical (unpaired) electrons. The average molecular weight is 410 g/mol. The van der Waals surface area contributed by atoms with Crippen LogP contribution in [0.15, 0.2) is 53.4 Å². The topological polar surface area (TPSA) is 61.9 Å². The first-order chi connectivity index (χ1) is 13.0. The zero-order chi connectivity index (χ0) is 19.3. The van der Waals surface area contributed by atoms with E-state index in [4.69, 9.17) is 16.3 Å². The van der Waals surface area contributed by atoms with Gasteiger partial charge in [-0.2, -0.15) is 0 Å². The lowest BCUT2D eigenvalue weighted by atomic mass is 10.2. The number of nitrogens with zero attached hydrogens (tertiary/aromatic N) is 2. The third kappa shape index (κ3) is 5.13. The lowest BCUT2D eigenvalue weighted by molar-refractivity contribution is 0.262. The molecule has 0 saturated carbocycles. The maximum absolute atomic E-state index is 12.4. The number of piperazine rings is 1. The molecule has 27 heavy (non-hydrogen) atoms. The smallest absolute Gasteiger partial charge is 0.240 e. The third-order valence-corrected chi connectivity index (χ3v) is 6.40. The highest BCUT2D eigenvalue weighted by Gasteiger charge is 2.19. The van der Waals surface area contributed by atoms with Crippen LogP contribution in [0, 0.1) is 0 Å². The van der Waals surface area contributed by atoms with Crippen LogP contribution in [0.5, 0.6) is 5.75 Å². The van der Waals surface area contributed by atoms with Crippen molar-refractivity contribution in [1.29, 1.82) is 0 Å². The van der Waals surface area contributed by atoms with Crippen molar-refractivity contribution < 1.29 is 13.2 Å². The molecule has 1 saturated heterocycles. The zero-order valence-corrected chi connectivity index (χ0v) is 16.8. The van der Waals surface area contributed by atoms with Crippen LogP contribution in [-0.4, -0.2) is 59.7 Å².